The van der Waals surface area contributed by atoms with Gasteiger partial charge in [0.15, 0.2) is 11.5 Å². The first-order valence-corrected chi connectivity index (χ1v) is 6.64. The number of ether oxygens (including phenoxy) is 2. The van der Waals surface area contributed by atoms with Gasteiger partial charge in [0.25, 0.3) is 5.91 Å². The molecule has 0 aliphatic carbocycles. The van der Waals surface area contributed by atoms with Crippen molar-refractivity contribution in [1.29, 1.82) is 0 Å². The molecule has 5 nitrogen and oxygen atoms in total. The summed E-state index contributed by atoms with van der Waals surface area (Å²) in [5.41, 5.74) is 0.632. The molecule has 1 aromatic rings. The molecular formula is C12H14BrClN2O3. The third-order valence-electron chi connectivity index (χ3n) is 3.08. The van der Waals surface area contributed by atoms with Gasteiger partial charge in [0.1, 0.15) is 0 Å². The van der Waals surface area contributed by atoms with Crippen LogP contribution in [0, 0.1) is 0 Å². The summed E-state index contributed by atoms with van der Waals surface area (Å²) in [5.74, 6) is 1.34. The van der Waals surface area contributed by atoms with Gasteiger partial charge in [0.05, 0.1) is 4.47 Å². The zero-order valence-corrected chi connectivity index (χ0v) is 12.6. The van der Waals surface area contributed by atoms with E-state index in [9.17, 15) is 4.79 Å². The van der Waals surface area contributed by atoms with Crippen molar-refractivity contribution in [1.82, 2.24) is 10.2 Å². The first kappa shape index (κ1) is 14.4. The molecule has 2 aliphatic rings. The fraction of sp³-hybridized carbons (Fsp3) is 0.417. The van der Waals surface area contributed by atoms with Gasteiger partial charge in [-0.2, -0.15) is 0 Å². The van der Waals surface area contributed by atoms with Gasteiger partial charge < -0.3 is 19.7 Å². The highest BCUT2D eigenvalue weighted by molar-refractivity contribution is 9.10. The van der Waals surface area contributed by atoms with Gasteiger partial charge in [-0.05, 0) is 28.1 Å². The van der Waals surface area contributed by atoms with Gasteiger partial charge in [-0.15, -0.1) is 12.4 Å². The van der Waals surface area contributed by atoms with E-state index < -0.39 is 0 Å². The molecule has 19 heavy (non-hydrogen) atoms. The Morgan fingerprint density at radius 1 is 1.26 bits per heavy atom. The SMILES string of the molecule is Cl.O=C(c1cc(Br)c2c(c1)OCO2)N1CCNCC1. The largest absolute Gasteiger partial charge is 0.454 e. The van der Waals surface area contributed by atoms with E-state index in [1.807, 2.05) is 4.90 Å². The van der Waals surface area contributed by atoms with Crippen LogP contribution in [0.25, 0.3) is 0 Å². The van der Waals surface area contributed by atoms with E-state index in [1.165, 1.54) is 0 Å². The van der Waals surface area contributed by atoms with Crippen molar-refractivity contribution in [2.45, 2.75) is 0 Å². The number of carbonyl (C=O) groups excluding carboxylic acids is 1. The average Bonchev–Trinajstić information content (AvgIpc) is 2.88. The van der Waals surface area contributed by atoms with Gasteiger partial charge in [-0.3, -0.25) is 4.79 Å². The quantitative estimate of drug-likeness (QED) is 0.837. The molecule has 1 N–H and O–H groups in total. The number of piperazine rings is 1. The van der Waals surface area contributed by atoms with Crippen LogP contribution >= 0.6 is 28.3 Å². The number of rotatable bonds is 1. The molecule has 2 heterocycles. The van der Waals surface area contributed by atoms with Crippen LogP contribution in [0.15, 0.2) is 16.6 Å². The van der Waals surface area contributed by atoms with Crippen molar-refractivity contribution in [2.75, 3.05) is 33.0 Å². The van der Waals surface area contributed by atoms with E-state index in [1.54, 1.807) is 12.1 Å². The predicted octanol–water partition coefficient (Wildman–Crippen LogP) is 1.65. The predicted molar refractivity (Wildman–Crippen MR) is 76.3 cm³/mol. The number of hydrogen-bond acceptors (Lipinski definition) is 4. The van der Waals surface area contributed by atoms with Gasteiger partial charge in [0.2, 0.25) is 6.79 Å². The second kappa shape index (κ2) is 5.98. The van der Waals surface area contributed by atoms with E-state index in [-0.39, 0.29) is 25.1 Å². The van der Waals surface area contributed by atoms with Crippen LogP contribution in [0.3, 0.4) is 0 Å². The third-order valence-corrected chi connectivity index (χ3v) is 3.67. The second-order valence-corrected chi connectivity index (χ2v) is 5.09. The number of nitrogens with zero attached hydrogens (tertiary/aromatic N) is 1. The van der Waals surface area contributed by atoms with Crippen LogP contribution < -0.4 is 14.8 Å². The minimum absolute atomic E-state index is 0. The topological polar surface area (TPSA) is 50.8 Å². The number of amides is 1. The monoisotopic (exact) mass is 348 g/mol. The molecule has 0 aromatic heterocycles. The van der Waals surface area contributed by atoms with Crippen molar-refractivity contribution in [3.8, 4) is 11.5 Å². The Labute approximate surface area is 125 Å². The molecule has 1 amide bonds. The van der Waals surface area contributed by atoms with E-state index in [4.69, 9.17) is 9.47 Å². The van der Waals surface area contributed by atoms with Crippen LogP contribution in [0.1, 0.15) is 10.4 Å². The molecule has 0 spiro atoms. The molecule has 1 fully saturated rings. The highest BCUT2D eigenvalue weighted by Gasteiger charge is 2.23. The summed E-state index contributed by atoms with van der Waals surface area (Å²) in [6.07, 6.45) is 0. The lowest BCUT2D eigenvalue weighted by Crippen LogP contribution is -2.46. The molecule has 104 valence electrons. The number of benzene rings is 1. The maximum atomic E-state index is 12.3. The second-order valence-electron chi connectivity index (χ2n) is 4.23. The molecule has 0 unspecified atom stereocenters. The lowest BCUT2D eigenvalue weighted by Gasteiger charge is -2.27. The number of hydrogen-bond donors (Lipinski definition) is 1. The zero-order chi connectivity index (χ0) is 12.5. The molecule has 1 saturated heterocycles. The van der Waals surface area contributed by atoms with Crippen molar-refractivity contribution in [3.05, 3.63) is 22.2 Å². The lowest BCUT2D eigenvalue weighted by molar-refractivity contribution is 0.0735. The number of fused-ring (bicyclic) bond motifs is 1. The number of nitrogens with one attached hydrogen (secondary N) is 1. The zero-order valence-electron chi connectivity index (χ0n) is 10.1. The van der Waals surface area contributed by atoms with E-state index >= 15 is 0 Å². The molecule has 0 bridgehead atoms. The lowest BCUT2D eigenvalue weighted by atomic mass is 10.1. The van der Waals surface area contributed by atoms with Gasteiger partial charge in [0, 0.05) is 31.7 Å². The number of carbonyl (C=O) groups is 1. The van der Waals surface area contributed by atoms with Gasteiger partial charge in [-0.25, -0.2) is 0 Å². The van der Waals surface area contributed by atoms with Gasteiger partial charge >= 0.3 is 0 Å². The summed E-state index contributed by atoms with van der Waals surface area (Å²) in [5, 5.41) is 3.23. The van der Waals surface area contributed by atoms with Gasteiger partial charge in [-0.1, -0.05) is 0 Å². The van der Waals surface area contributed by atoms with Crippen molar-refractivity contribution in [2.24, 2.45) is 0 Å². The highest BCUT2D eigenvalue weighted by atomic mass is 79.9. The summed E-state index contributed by atoms with van der Waals surface area (Å²) in [7, 11) is 0. The van der Waals surface area contributed by atoms with Crippen molar-refractivity contribution < 1.29 is 14.3 Å². The standard InChI is InChI=1S/C12H13BrN2O3.ClH/c13-9-5-8(6-10-11(9)18-7-17-10)12(16)15-3-1-14-2-4-15;/h5-6,14H,1-4,7H2;1H. The maximum Gasteiger partial charge on any atom is 0.254 e. The van der Waals surface area contributed by atoms with E-state index in [0.29, 0.717) is 17.1 Å². The molecule has 3 rings (SSSR count). The molecule has 0 atom stereocenters. The van der Waals surface area contributed by atoms with Crippen LogP contribution in [0.4, 0.5) is 0 Å². The molecule has 1 aromatic carbocycles. The Morgan fingerprint density at radius 3 is 2.74 bits per heavy atom. The Hall–Kier alpha value is -0.980. The summed E-state index contributed by atoms with van der Waals surface area (Å²) in [6.45, 7) is 3.38. The summed E-state index contributed by atoms with van der Waals surface area (Å²) in [6, 6.07) is 3.54. The summed E-state index contributed by atoms with van der Waals surface area (Å²) >= 11 is 3.40. The Bertz CT molecular complexity index is 492. The minimum Gasteiger partial charge on any atom is -0.454 e. The average molecular weight is 350 g/mol. The Balaban J connectivity index is 0.00000133. The third kappa shape index (κ3) is 2.80. The van der Waals surface area contributed by atoms with Crippen LogP contribution in [-0.2, 0) is 0 Å². The van der Waals surface area contributed by atoms with E-state index in [2.05, 4.69) is 21.2 Å². The fourth-order valence-electron chi connectivity index (χ4n) is 2.14. The number of halogens is 2. The first-order valence-electron chi connectivity index (χ1n) is 5.85. The van der Waals surface area contributed by atoms with Crippen LogP contribution in [0.2, 0.25) is 0 Å². The van der Waals surface area contributed by atoms with Crippen LogP contribution in [0.5, 0.6) is 11.5 Å². The molecular weight excluding hydrogens is 336 g/mol. The maximum absolute atomic E-state index is 12.3. The Morgan fingerprint density at radius 2 is 2.00 bits per heavy atom. The minimum atomic E-state index is 0. The van der Waals surface area contributed by atoms with Crippen molar-refractivity contribution in [3.63, 3.8) is 0 Å². The fourth-order valence-corrected chi connectivity index (χ4v) is 2.70. The molecule has 7 heteroatoms. The first-order chi connectivity index (χ1) is 8.75. The van der Waals surface area contributed by atoms with Crippen molar-refractivity contribution >= 4 is 34.2 Å². The smallest absolute Gasteiger partial charge is 0.254 e. The molecule has 2 aliphatic heterocycles. The Kier molecular flexibility index (Phi) is 4.54. The highest BCUT2D eigenvalue weighted by Crippen LogP contribution is 2.40. The summed E-state index contributed by atoms with van der Waals surface area (Å²) < 4.78 is 11.4. The molecule has 0 saturated carbocycles. The van der Waals surface area contributed by atoms with E-state index in [0.717, 1.165) is 30.7 Å². The normalized spacial score (nSPS) is 17.0. The van der Waals surface area contributed by atoms with Crippen LogP contribution in [-0.4, -0.2) is 43.8 Å². The summed E-state index contributed by atoms with van der Waals surface area (Å²) in [4.78, 5) is 14.2. The molecule has 0 radical (unpaired) electrons.